The van der Waals surface area contributed by atoms with Gasteiger partial charge in [-0.25, -0.2) is 4.39 Å². The first-order chi connectivity index (χ1) is 6.38. The second-order valence-electron chi connectivity index (χ2n) is 2.46. The van der Waals surface area contributed by atoms with E-state index in [1.807, 2.05) is 0 Å². The summed E-state index contributed by atoms with van der Waals surface area (Å²) < 4.78 is 49.2. The highest BCUT2D eigenvalue weighted by molar-refractivity contribution is 9.10. The van der Waals surface area contributed by atoms with Crippen LogP contribution in [0.15, 0.2) is 4.47 Å². The average molecular weight is 276 g/mol. The maximum Gasteiger partial charge on any atom is 0.434 e. The fourth-order valence-corrected chi connectivity index (χ4v) is 1.48. The van der Waals surface area contributed by atoms with Crippen LogP contribution in [0, 0.1) is 0 Å². The Labute approximate surface area is 85.0 Å². The number of nitrogens with zero attached hydrogens (tertiary/aromatic N) is 2. The molecule has 1 aromatic heterocycles. The number of hydrogen-bond donors (Lipinski definition) is 1. The van der Waals surface area contributed by atoms with E-state index in [0.717, 1.165) is 0 Å². The van der Waals surface area contributed by atoms with Gasteiger partial charge in [0, 0.05) is 0 Å². The van der Waals surface area contributed by atoms with Crippen LogP contribution in [0.2, 0.25) is 0 Å². The first-order valence-corrected chi connectivity index (χ1v) is 4.32. The second kappa shape index (κ2) is 3.76. The van der Waals surface area contributed by atoms with Crippen LogP contribution >= 0.6 is 15.9 Å². The predicted molar refractivity (Wildman–Crippen MR) is 45.3 cm³/mol. The van der Waals surface area contributed by atoms with Gasteiger partial charge in [0.15, 0.2) is 11.5 Å². The van der Waals surface area contributed by atoms with Crippen LogP contribution < -0.4 is 5.73 Å². The first-order valence-electron chi connectivity index (χ1n) is 3.53. The molecule has 0 aliphatic rings. The molecule has 0 atom stereocenters. The zero-order chi connectivity index (χ0) is 10.9. The zero-order valence-corrected chi connectivity index (χ0v) is 8.36. The maximum absolute atomic E-state index is 12.4. The Morgan fingerprint density at radius 2 is 2.00 bits per heavy atom. The van der Waals surface area contributed by atoms with E-state index in [1.165, 1.54) is 0 Å². The molecule has 80 valence electrons. The molecular weight excluding hydrogens is 270 g/mol. The largest absolute Gasteiger partial charge is 0.434 e. The lowest BCUT2D eigenvalue weighted by Gasteiger charge is -2.08. The minimum atomic E-state index is -4.60. The molecule has 1 rings (SSSR count). The maximum atomic E-state index is 12.4. The Hall–Kier alpha value is -0.790. The summed E-state index contributed by atoms with van der Waals surface area (Å²) in [5.74, 6) is -0.300. The van der Waals surface area contributed by atoms with Gasteiger partial charge in [0.2, 0.25) is 0 Å². The van der Waals surface area contributed by atoms with Crippen LogP contribution in [0.5, 0.6) is 0 Å². The second-order valence-corrected chi connectivity index (χ2v) is 3.25. The van der Waals surface area contributed by atoms with Gasteiger partial charge in [0.05, 0.1) is 11.0 Å². The number of alkyl halides is 4. The van der Waals surface area contributed by atoms with Crippen molar-refractivity contribution in [3.63, 3.8) is 0 Å². The van der Waals surface area contributed by atoms with Crippen molar-refractivity contribution in [1.29, 1.82) is 0 Å². The summed E-state index contributed by atoms with van der Waals surface area (Å²) in [7, 11) is 0. The van der Waals surface area contributed by atoms with Gasteiger partial charge in [-0.1, -0.05) is 0 Å². The van der Waals surface area contributed by atoms with E-state index in [9.17, 15) is 17.6 Å². The number of rotatable bonds is 2. The Balaban J connectivity index is 3.23. The number of aromatic nitrogens is 2. The van der Waals surface area contributed by atoms with Gasteiger partial charge in [-0.2, -0.15) is 18.3 Å². The zero-order valence-electron chi connectivity index (χ0n) is 6.78. The lowest BCUT2D eigenvalue weighted by atomic mass is 10.4. The Morgan fingerprint density at radius 1 is 1.43 bits per heavy atom. The number of anilines is 1. The molecule has 0 fully saturated rings. The molecule has 14 heavy (non-hydrogen) atoms. The van der Waals surface area contributed by atoms with Crippen LogP contribution in [0.25, 0.3) is 0 Å². The van der Waals surface area contributed by atoms with E-state index < -0.39 is 25.1 Å². The van der Waals surface area contributed by atoms with Gasteiger partial charge in [-0.05, 0) is 15.9 Å². The molecule has 0 bridgehead atoms. The predicted octanol–water partition coefficient (Wildman–Crippen LogP) is 2.22. The highest BCUT2D eigenvalue weighted by Crippen LogP contribution is 2.37. The van der Waals surface area contributed by atoms with Crippen LogP contribution in [-0.2, 0) is 12.7 Å². The standard InChI is InChI=1S/C6H6BrF4N3/c7-3-4(6(9,10)11)14(2-1-8)13-5(3)12/h1-2H2,(H2,12,13). The van der Waals surface area contributed by atoms with Gasteiger partial charge in [0.1, 0.15) is 6.67 Å². The van der Waals surface area contributed by atoms with Gasteiger partial charge in [0.25, 0.3) is 0 Å². The van der Waals surface area contributed by atoms with Gasteiger partial charge >= 0.3 is 6.18 Å². The van der Waals surface area contributed by atoms with Crippen molar-refractivity contribution in [1.82, 2.24) is 9.78 Å². The minimum Gasteiger partial charge on any atom is -0.381 e. The SMILES string of the molecule is Nc1nn(CCF)c(C(F)(F)F)c1Br. The number of nitrogen functional groups attached to an aromatic ring is 1. The van der Waals surface area contributed by atoms with Crippen LogP contribution in [0.1, 0.15) is 5.69 Å². The number of nitrogens with two attached hydrogens (primary N) is 1. The Morgan fingerprint density at radius 3 is 2.43 bits per heavy atom. The number of aryl methyl sites for hydroxylation is 1. The topological polar surface area (TPSA) is 43.8 Å². The van der Waals surface area contributed by atoms with Crippen molar-refractivity contribution >= 4 is 21.7 Å². The molecule has 0 saturated heterocycles. The van der Waals surface area contributed by atoms with Crippen LogP contribution in [-0.4, -0.2) is 16.5 Å². The Kier molecular flexibility index (Phi) is 3.03. The third-order valence-electron chi connectivity index (χ3n) is 1.48. The smallest absolute Gasteiger partial charge is 0.381 e. The highest BCUT2D eigenvalue weighted by atomic mass is 79.9. The van der Waals surface area contributed by atoms with Crippen molar-refractivity contribution in [3.05, 3.63) is 10.2 Å². The fourth-order valence-electron chi connectivity index (χ4n) is 0.971. The Bertz CT molecular complexity index is 333. The molecular formula is C6H6BrF4N3. The normalized spacial score (nSPS) is 12.1. The molecule has 0 aliphatic heterocycles. The average Bonchev–Trinajstić information content (AvgIpc) is 2.27. The number of hydrogen-bond acceptors (Lipinski definition) is 2. The van der Waals surface area contributed by atoms with Crippen molar-refractivity contribution in [2.75, 3.05) is 12.4 Å². The van der Waals surface area contributed by atoms with E-state index in [0.29, 0.717) is 4.68 Å². The monoisotopic (exact) mass is 275 g/mol. The quantitative estimate of drug-likeness (QED) is 0.842. The molecule has 3 nitrogen and oxygen atoms in total. The molecule has 1 heterocycles. The summed E-state index contributed by atoms with van der Waals surface area (Å²) in [6, 6.07) is 0. The van der Waals surface area contributed by atoms with Crippen LogP contribution in [0.4, 0.5) is 23.4 Å². The van der Waals surface area contributed by atoms with Crippen molar-refractivity contribution < 1.29 is 17.6 Å². The van der Waals surface area contributed by atoms with E-state index >= 15 is 0 Å². The van der Waals surface area contributed by atoms with Crippen LogP contribution in [0.3, 0.4) is 0 Å². The summed E-state index contributed by atoms with van der Waals surface area (Å²) in [5.41, 5.74) is 4.10. The lowest BCUT2D eigenvalue weighted by molar-refractivity contribution is -0.144. The summed E-state index contributed by atoms with van der Waals surface area (Å²) in [6.45, 7) is -1.40. The van der Waals surface area contributed by atoms with Crippen molar-refractivity contribution in [2.45, 2.75) is 12.7 Å². The molecule has 0 saturated carbocycles. The molecule has 0 radical (unpaired) electrons. The minimum absolute atomic E-state index is 0.300. The highest BCUT2D eigenvalue weighted by Gasteiger charge is 2.38. The molecule has 0 aliphatic carbocycles. The molecule has 0 aromatic carbocycles. The molecule has 1 aromatic rings. The summed E-state index contributed by atoms with van der Waals surface area (Å²) in [6.07, 6.45) is -4.60. The van der Waals surface area contributed by atoms with E-state index in [2.05, 4.69) is 21.0 Å². The molecule has 2 N–H and O–H groups in total. The van der Waals surface area contributed by atoms with Gasteiger partial charge < -0.3 is 5.73 Å². The van der Waals surface area contributed by atoms with E-state index in [-0.39, 0.29) is 10.3 Å². The summed E-state index contributed by atoms with van der Waals surface area (Å²) in [5, 5.41) is 3.35. The van der Waals surface area contributed by atoms with Gasteiger partial charge in [-0.15, -0.1) is 0 Å². The first kappa shape index (κ1) is 11.3. The third kappa shape index (κ3) is 1.99. The molecule has 0 amide bonds. The van der Waals surface area contributed by atoms with Crippen molar-refractivity contribution in [2.24, 2.45) is 0 Å². The van der Waals surface area contributed by atoms with E-state index in [1.54, 1.807) is 0 Å². The molecule has 0 spiro atoms. The van der Waals surface area contributed by atoms with Gasteiger partial charge in [-0.3, -0.25) is 4.68 Å². The van der Waals surface area contributed by atoms with Crippen molar-refractivity contribution in [3.8, 4) is 0 Å². The summed E-state index contributed by atoms with van der Waals surface area (Å²) >= 11 is 2.66. The summed E-state index contributed by atoms with van der Waals surface area (Å²) in [4.78, 5) is 0. The lowest BCUT2D eigenvalue weighted by Crippen LogP contribution is -2.16. The third-order valence-corrected chi connectivity index (χ3v) is 2.27. The molecule has 0 unspecified atom stereocenters. The number of halogens is 5. The van der Waals surface area contributed by atoms with E-state index in [4.69, 9.17) is 5.73 Å². The fraction of sp³-hybridized carbons (Fsp3) is 0.500. The molecule has 8 heteroatoms.